The maximum atomic E-state index is 12.6. The summed E-state index contributed by atoms with van der Waals surface area (Å²) in [5.41, 5.74) is -0.931. The van der Waals surface area contributed by atoms with Gasteiger partial charge >= 0.3 is 0 Å². The molecule has 0 aliphatic carbocycles. The van der Waals surface area contributed by atoms with Crippen LogP contribution in [0.3, 0.4) is 0 Å². The van der Waals surface area contributed by atoms with Gasteiger partial charge in [-0.1, -0.05) is 12.1 Å². The summed E-state index contributed by atoms with van der Waals surface area (Å²) in [4.78, 5) is 37.9. The molecule has 26 heavy (non-hydrogen) atoms. The standard InChI is InChI=1S/C17H15IN4O4/c1-7-19-14(23)12(15(24)20-7)11(9-4-3-5-10(18)6-9)13-16(25)21-8(2)22-17(13)26/h3-6,11H,1-2H3,(H2,19,20,23,24)(H2,21,22,25,26). The van der Waals surface area contributed by atoms with E-state index in [1.165, 1.54) is 13.8 Å². The largest absolute Gasteiger partial charge is 0.493 e. The van der Waals surface area contributed by atoms with E-state index < -0.39 is 28.8 Å². The summed E-state index contributed by atoms with van der Waals surface area (Å²) in [6.45, 7) is 3.06. The molecule has 0 radical (unpaired) electrons. The fraction of sp³-hybridized carbons (Fsp3) is 0.176. The predicted octanol–water partition coefficient (Wildman–Crippen LogP) is 1.67. The van der Waals surface area contributed by atoms with Crippen LogP contribution in [-0.4, -0.2) is 30.1 Å². The molecule has 2 aromatic heterocycles. The Hall–Kier alpha value is -2.69. The molecule has 0 spiro atoms. The highest BCUT2D eigenvalue weighted by atomic mass is 127. The Balaban J connectivity index is 2.40. The summed E-state index contributed by atoms with van der Waals surface area (Å²) in [6.07, 6.45) is 0. The van der Waals surface area contributed by atoms with E-state index in [-0.39, 0.29) is 22.8 Å². The number of hydrogen-bond acceptors (Lipinski definition) is 6. The zero-order valence-electron chi connectivity index (χ0n) is 13.9. The lowest BCUT2D eigenvalue weighted by molar-refractivity contribution is 0.430. The number of H-pyrrole nitrogens is 2. The van der Waals surface area contributed by atoms with Crippen molar-refractivity contribution in [2.24, 2.45) is 0 Å². The molecule has 3 rings (SSSR count). The summed E-state index contributed by atoms with van der Waals surface area (Å²) in [5, 5.41) is 20.6. The Labute approximate surface area is 161 Å². The van der Waals surface area contributed by atoms with E-state index in [9.17, 15) is 19.8 Å². The van der Waals surface area contributed by atoms with Crippen molar-refractivity contribution in [1.82, 2.24) is 19.9 Å². The first-order valence-electron chi connectivity index (χ1n) is 7.63. The van der Waals surface area contributed by atoms with Gasteiger partial charge in [0.25, 0.3) is 11.1 Å². The molecule has 8 nitrogen and oxygen atoms in total. The minimum atomic E-state index is -1.04. The van der Waals surface area contributed by atoms with Crippen LogP contribution in [0.15, 0.2) is 33.9 Å². The van der Waals surface area contributed by atoms with Crippen molar-refractivity contribution in [3.05, 3.63) is 76.9 Å². The average Bonchev–Trinajstić information content (AvgIpc) is 2.51. The lowest BCUT2D eigenvalue weighted by atomic mass is 9.87. The Morgan fingerprint density at radius 2 is 1.46 bits per heavy atom. The normalized spacial score (nSPS) is 11.1. The molecule has 4 N–H and O–H groups in total. The molecule has 0 atom stereocenters. The number of benzene rings is 1. The van der Waals surface area contributed by atoms with Crippen molar-refractivity contribution in [3.63, 3.8) is 0 Å². The topological polar surface area (TPSA) is 132 Å². The summed E-state index contributed by atoms with van der Waals surface area (Å²) in [6, 6.07) is 7.05. The van der Waals surface area contributed by atoms with Crippen LogP contribution in [0.5, 0.6) is 11.8 Å². The first kappa shape index (κ1) is 18.1. The van der Waals surface area contributed by atoms with Crippen LogP contribution in [0.4, 0.5) is 0 Å². The third-order valence-corrected chi connectivity index (χ3v) is 4.54. The van der Waals surface area contributed by atoms with Gasteiger partial charge in [0.2, 0.25) is 11.8 Å². The first-order valence-corrected chi connectivity index (χ1v) is 8.71. The van der Waals surface area contributed by atoms with Crippen LogP contribution in [0.1, 0.15) is 34.3 Å². The quantitative estimate of drug-likeness (QED) is 0.435. The number of aromatic hydroxyl groups is 2. The van der Waals surface area contributed by atoms with Crippen molar-refractivity contribution < 1.29 is 10.2 Å². The molecule has 0 saturated carbocycles. The second-order valence-electron chi connectivity index (χ2n) is 5.77. The number of nitrogens with one attached hydrogen (secondary N) is 2. The molecule has 9 heteroatoms. The molecular formula is C17H15IN4O4. The Kier molecular flexibility index (Phi) is 4.81. The van der Waals surface area contributed by atoms with Crippen LogP contribution >= 0.6 is 22.6 Å². The van der Waals surface area contributed by atoms with E-state index in [2.05, 4.69) is 42.5 Å². The fourth-order valence-corrected chi connectivity index (χ4v) is 3.41. The van der Waals surface area contributed by atoms with Crippen LogP contribution in [-0.2, 0) is 0 Å². The smallest absolute Gasteiger partial charge is 0.258 e. The third-order valence-electron chi connectivity index (χ3n) is 3.87. The maximum absolute atomic E-state index is 12.6. The molecule has 0 aliphatic rings. The van der Waals surface area contributed by atoms with Crippen molar-refractivity contribution in [2.45, 2.75) is 19.8 Å². The van der Waals surface area contributed by atoms with Gasteiger partial charge in [0.15, 0.2) is 0 Å². The molecule has 0 aliphatic heterocycles. The van der Waals surface area contributed by atoms with E-state index >= 15 is 0 Å². The van der Waals surface area contributed by atoms with Gasteiger partial charge in [-0.3, -0.25) is 9.59 Å². The fourth-order valence-electron chi connectivity index (χ4n) is 2.84. The molecule has 0 unspecified atom stereocenters. The number of aromatic amines is 2. The monoisotopic (exact) mass is 466 g/mol. The number of aryl methyl sites for hydroxylation is 2. The second-order valence-corrected chi connectivity index (χ2v) is 7.01. The Morgan fingerprint density at radius 1 is 0.962 bits per heavy atom. The second kappa shape index (κ2) is 6.90. The molecule has 1 aromatic carbocycles. The molecule has 0 bridgehead atoms. The van der Waals surface area contributed by atoms with Gasteiger partial charge in [0.1, 0.15) is 11.6 Å². The van der Waals surface area contributed by atoms with Gasteiger partial charge in [-0.05, 0) is 54.1 Å². The van der Waals surface area contributed by atoms with E-state index in [1.807, 2.05) is 6.07 Å². The molecule has 2 heterocycles. The van der Waals surface area contributed by atoms with Gasteiger partial charge in [0, 0.05) is 3.57 Å². The van der Waals surface area contributed by atoms with Gasteiger partial charge in [0.05, 0.1) is 17.0 Å². The summed E-state index contributed by atoms with van der Waals surface area (Å²) in [5.74, 6) is -1.59. The minimum absolute atomic E-state index is 0.135. The van der Waals surface area contributed by atoms with Gasteiger partial charge < -0.3 is 20.2 Å². The van der Waals surface area contributed by atoms with Gasteiger partial charge in [-0.2, -0.15) is 0 Å². The SMILES string of the molecule is Cc1nc(O)c(C(c2cccc(I)c2)c2c(O)nc(C)[nH]c2=O)c(=O)[nH]1. The van der Waals surface area contributed by atoms with Crippen molar-refractivity contribution in [3.8, 4) is 11.8 Å². The zero-order valence-corrected chi connectivity index (χ0v) is 16.0. The number of nitrogens with zero attached hydrogens (tertiary/aromatic N) is 2. The lowest BCUT2D eigenvalue weighted by Gasteiger charge is -2.18. The van der Waals surface area contributed by atoms with Gasteiger partial charge in [-0.15, -0.1) is 0 Å². The Bertz CT molecular complexity index is 1040. The van der Waals surface area contributed by atoms with E-state index in [0.29, 0.717) is 5.56 Å². The molecule has 0 amide bonds. The molecular weight excluding hydrogens is 451 g/mol. The minimum Gasteiger partial charge on any atom is -0.493 e. The van der Waals surface area contributed by atoms with E-state index in [4.69, 9.17) is 0 Å². The van der Waals surface area contributed by atoms with Crippen molar-refractivity contribution in [2.75, 3.05) is 0 Å². The highest BCUT2D eigenvalue weighted by Crippen LogP contribution is 2.35. The lowest BCUT2D eigenvalue weighted by Crippen LogP contribution is -2.26. The summed E-state index contributed by atoms with van der Waals surface area (Å²) >= 11 is 2.09. The number of rotatable bonds is 3. The van der Waals surface area contributed by atoms with Crippen LogP contribution in [0.2, 0.25) is 0 Å². The van der Waals surface area contributed by atoms with E-state index in [0.717, 1.165) is 3.57 Å². The Morgan fingerprint density at radius 3 is 1.88 bits per heavy atom. The summed E-state index contributed by atoms with van der Waals surface area (Å²) in [7, 11) is 0. The predicted molar refractivity (Wildman–Crippen MR) is 103 cm³/mol. The van der Waals surface area contributed by atoms with Gasteiger partial charge in [-0.25, -0.2) is 9.97 Å². The van der Waals surface area contributed by atoms with Crippen LogP contribution < -0.4 is 11.1 Å². The van der Waals surface area contributed by atoms with E-state index in [1.54, 1.807) is 18.2 Å². The van der Waals surface area contributed by atoms with Crippen LogP contribution in [0.25, 0.3) is 0 Å². The van der Waals surface area contributed by atoms with Crippen molar-refractivity contribution in [1.29, 1.82) is 0 Å². The third kappa shape index (κ3) is 3.34. The number of hydrogen-bond donors (Lipinski definition) is 4. The van der Waals surface area contributed by atoms with Crippen LogP contribution in [0, 0.1) is 17.4 Å². The zero-order chi connectivity index (χ0) is 19.0. The number of aromatic nitrogens is 4. The maximum Gasteiger partial charge on any atom is 0.258 e. The highest BCUT2D eigenvalue weighted by Gasteiger charge is 2.30. The summed E-state index contributed by atoms with van der Waals surface area (Å²) < 4.78 is 0.858. The average molecular weight is 466 g/mol. The highest BCUT2D eigenvalue weighted by molar-refractivity contribution is 14.1. The number of halogens is 1. The molecule has 0 fully saturated rings. The molecule has 134 valence electrons. The molecule has 0 saturated heterocycles. The first-order chi connectivity index (χ1) is 12.3. The molecule has 3 aromatic rings. The van der Waals surface area contributed by atoms with Crippen molar-refractivity contribution >= 4 is 22.6 Å².